The molecule has 3 aliphatic rings. The van der Waals surface area contributed by atoms with Gasteiger partial charge < -0.3 is 9.64 Å². The van der Waals surface area contributed by atoms with Gasteiger partial charge in [-0.1, -0.05) is 25.1 Å². The van der Waals surface area contributed by atoms with Crippen molar-refractivity contribution in [1.29, 1.82) is 0 Å². The number of likely N-dealkylation sites (N-methyl/N-ethyl adjacent to an activating group) is 1. The van der Waals surface area contributed by atoms with Crippen LogP contribution in [0.5, 0.6) is 0 Å². The van der Waals surface area contributed by atoms with Crippen LogP contribution >= 0.6 is 0 Å². The molecule has 0 radical (unpaired) electrons. The molecule has 1 atom stereocenters. The number of halogens is 3. The highest BCUT2D eigenvalue weighted by Gasteiger charge is 2.44. The molecule has 1 aromatic carbocycles. The number of hydrogen-bond donors (Lipinski definition) is 0. The molecule has 0 aliphatic carbocycles. The van der Waals surface area contributed by atoms with Gasteiger partial charge in [-0.05, 0) is 67.8 Å². The molecule has 3 heterocycles. The number of carbonyl (C=O) groups excluding carboxylic acids is 1. The van der Waals surface area contributed by atoms with Crippen LogP contribution in [0.15, 0.2) is 18.2 Å². The second-order valence-electron chi connectivity index (χ2n) is 9.69. The third-order valence-corrected chi connectivity index (χ3v) is 7.63. The van der Waals surface area contributed by atoms with Crippen molar-refractivity contribution in [2.24, 2.45) is 5.41 Å². The topological polar surface area (TPSA) is 36.0 Å². The van der Waals surface area contributed by atoms with Gasteiger partial charge in [-0.15, -0.1) is 0 Å². The summed E-state index contributed by atoms with van der Waals surface area (Å²) < 4.78 is 42.7. The number of nitrogens with zero attached hydrogens (tertiary/aromatic N) is 3. The van der Waals surface area contributed by atoms with E-state index in [0.717, 1.165) is 71.9 Å². The van der Waals surface area contributed by atoms with E-state index in [4.69, 9.17) is 0 Å². The third kappa shape index (κ3) is 5.06. The predicted molar refractivity (Wildman–Crippen MR) is 116 cm³/mol. The lowest BCUT2D eigenvalue weighted by Gasteiger charge is -2.39. The van der Waals surface area contributed by atoms with Gasteiger partial charge in [0.25, 0.3) is 0 Å². The lowest BCUT2D eigenvalue weighted by molar-refractivity contribution is -0.200. The fourth-order valence-electron chi connectivity index (χ4n) is 5.39. The molecule has 0 N–H and O–H groups in total. The van der Waals surface area contributed by atoms with Crippen molar-refractivity contribution < 1.29 is 22.7 Å². The van der Waals surface area contributed by atoms with Gasteiger partial charge in [-0.2, -0.15) is 13.2 Å². The van der Waals surface area contributed by atoms with Gasteiger partial charge in [-0.3, -0.25) is 9.80 Å². The number of amides is 1. The Hall–Kier alpha value is -1.80. The van der Waals surface area contributed by atoms with Crippen LogP contribution < -0.4 is 0 Å². The first kappa shape index (κ1) is 23.4. The van der Waals surface area contributed by atoms with Crippen molar-refractivity contribution in [3.8, 4) is 0 Å². The molecular formula is C24H34F3N3O2. The summed E-state index contributed by atoms with van der Waals surface area (Å²) >= 11 is 0. The van der Waals surface area contributed by atoms with Gasteiger partial charge in [0.05, 0.1) is 0 Å². The second-order valence-corrected chi connectivity index (χ2v) is 9.69. The molecule has 5 nitrogen and oxygen atoms in total. The molecule has 178 valence electrons. The van der Waals surface area contributed by atoms with Crippen LogP contribution in [-0.2, 0) is 24.2 Å². The Morgan fingerprint density at radius 3 is 2.53 bits per heavy atom. The van der Waals surface area contributed by atoms with E-state index in [1.807, 2.05) is 0 Å². The Balaban J connectivity index is 1.32. The van der Waals surface area contributed by atoms with Gasteiger partial charge in [0.15, 0.2) is 6.10 Å². The maximum Gasteiger partial charge on any atom is 0.425 e. The van der Waals surface area contributed by atoms with E-state index in [2.05, 4.69) is 39.7 Å². The Labute approximate surface area is 188 Å². The van der Waals surface area contributed by atoms with Gasteiger partial charge in [0.2, 0.25) is 0 Å². The molecule has 0 aromatic heterocycles. The molecule has 1 amide bonds. The van der Waals surface area contributed by atoms with Gasteiger partial charge in [-0.25, -0.2) is 4.79 Å². The summed E-state index contributed by atoms with van der Waals surface area (Å²) in [6.45, 7) is 10.2. The molecule has 2 saturated heterocycles. The van der Waals surface area contributed by atoms with Crippen LogP contribution in [0.25, 0.3) is 0 Å². The maximum atomic E-state index is 12.7. The van der Waals surface area contributed by atoms with Crippen molar-refractivity contribution in [3.05, 3.63) is 34.9 Å². The quantitative estimate of drug-likeness (QED) is 0.675. The Morgan fingerprint density at radius 1 is 1.12 bits per heavy atom. The van der Waals surface area contributed by atoms with E-state index in [1.54, 1.807) is 0 Å². The molecule has 32 heavy (non-hydrogen) atoms. The van der Waals surface area contributed by atoms with E-state index >= 15 is 0 Å². The molecule has 1 unspecified atom stereocenters. The zero-order chi connectivity index (χ0) is 22.9. The van der Waals surface area contributed by atoms with Crippen LogP contribution in [0.3, 0.4) is 0 Å². The minimum absolute atomic E-state index is 0.150. The Morgan fingerprint density at radius 2 is 1.84 bits per heavy atom. The monoisotopic (exact) mass is 453 g/mol. The largest absolute Gasteiger partial charge is 0.437 e. The number of fused-ring (bicyclic) bond motifs is 1. The summed E-state index contributed by atoms with van der Waals surface area (Å²) in [7, 11) is 0. The van der Waals surface area contributed by atoms with Crippen molar-refractivity contribution in [1.82, 2.24) is 14.7 Å². The van der Waals surface area contributed by atoms with E-state index in [0.29, 0.717) is 13.1 Å². The van der Waals surface area contributed by atoms with E-state index < -0.39 is 18.4 Å². The summed E-state index contributed by atoms with van der Waals surface area (Å²) in [5.41, 5.74) is 4.52. The second kappa shape index (κ2) is 9.21. The normalized spacial score (nSPS) is 22.7. The number of hydrogen-bond acceptors (Lipinski definition) is 4. The lowest BCUT2D eigenvalue weighted by Crippen LogP contribution is -2.46. The fourth-order valence-corrected chi connectivity index (χ4v) is 5.39. The average Bonchev–Trinajstić information content (AvgIpc) is 3.15. The highest BCUT2D eigenvalue weighted by atomic mass is 19.4. The van der Waals surface area contributed by atoms with Crippen LogP contribution in [0.1, 0.15) is 49.8 Å². The van der Waals surface area contributed by atoms with E-state index in [9.17, 15) is 18.0 Å². The molecule has 0 saturated carbocycles. The number of alkyl halides is 3. The number of rotatable bonds is 4. The molecule has 4 rings (SSSR count). The number of piperidine rings is 1. The predicted octanol–water partition coefficient (Wildman–Crippen LogP) is 4.44. The minimum Gasteiger partial charge on any atom is -0.437 e. The van der Waals surface area contributed by atoms with E-state index in [1.165, 1.54) is 21.6 Å². The molecule has 1 spiro atoms. The Bertz CT molecular complexity index is 821. The van der Waals surface area contributed by atoms with Crippen LogP contribution in [0.4, 0.5) is 18.0 Å². The number of likely N-dealkylation sites (tertiary alicyclic amines) is 2. The number of carbonyl (C=O) groups is 1. The van der Waals surface area contributed by atoms with Crippen molar-refractivity contribution in [2.75, 3.05) is 39.3 Å². The summed E-state index contributed by atoms with van der Waals surface area (Å²) in [4.78, 5) is 18.6. The van der Waals surface area contributed by atoms with Crippen molar-refractivity contribution in [3.63, 3.8) is 0 Å². The summed E-state index contributed by atoms with van der Waals surface area (Å²) in [5.74, 6) is 0. The van der Waals surface area contributed by atoms with Crippen molar-refractivity contribution >= 4 is 6.09 Å². The highest BCUT2D eigenvalue weighted by molar-refractivity contribution is 5.68. The first-order chi connectivity index (χ1) is 15.2. The average molecular weight is 454 g/mol. The molecule has 0 bridgehead atoms. The standard InChI is InChI=1S/C24H34F3N3O2/c1-3-28-11-7-19-5-4-6-20(21(19)16-28)15-29-12-8-23(17-29)9-13-30(14-10-23)22(31)32-18(2)24(25,26)27/h4-6,18H,3,7-17H2,1-2H3. The number of ether oxygens (including phenoxy) is 1. The molecule has 1 aromatic rings. The zero-order valence-corrected chi connectivity index (χ0v) is 19.1. The summed E-state index contributed by atoms with van der Waals surface area (Å²) in [5, 5.41) is 0. The SMILES string of the molecule is CCN1CCc2cccc(CN3CCC4(CCN(C(=O)OC(C)C(F)(F)F)CC4)C3)c2C1. The van der Waals surface area contributed by atoms with Crippen LogP contribution in [-0.4, -0.2) is 72.3 Å². The number of benzene rings is 1. The Kier molecular flexibility index (Phi) is 6.73. The minimum atomic E-state index is -4.52. The van der Waals surface area contributed by atoms with E-state index in [-0.39, 0.29) is 5.41 Å². The van der Waals surface area contributed by atoms with Crippen molar-refractivity contribution in [2.45, 2.75) is 64.9 Å². The summed E-state index contributed by atoms with van der Waals surface area (Å²) in [6, 6.07) is 6.68. The molecule has 8 heteroatoms. The van der Waals surface area contributed by atoms with Crippen LogP contribution in [0.2, 0.25) is 0 Å². The maximum absolute atomic E-state index is 12.7. The van der Waals surface area contributed by atoms with Gasteiger partial charge >= 0.3 is 12.3 Å². The highest BCUT2D eigenvalue weighted by Crippen LogP contribution is 2.41. The first-order valence-corrected chi connectivity index (χ1v) is 11.8. The third-order valence-electron chi connectivity index (χ3n) is 7.63. The molecular weight excluding hydrogens is 419 g/mol. The fraction of sp³-hybridized carbons (Fsp3) is 0.708. The smallest absolute Gasteiger partial charge is 0.425 e. The molecule has 3 aliphatic heterocycles. The lowest BCUT2D eigenvalue weighted by atomic mass is 9.78. The van der Waals surface area contributed by atoms with Gasteiger partial charge in [0.1, 0.15) is 0 Å². The molecule has 2 fully saturated rings. The zero-order valence-electron chi connectivity index (χ0n) is 19.1. The van der Waals surface area contributed by atoms with Gasteiger partial charge in [0, 0.05) is 39.3 Å². The summed E-state index contributed by atoms with van der Waals surface area (Å²) in [6.07, 6.45) is -3.64. The van der Waals surface area contributed by atoms with Crippen LogP contribution in [0, 0.1) is 5.41 Å². The first-order valence-electron chi connectivity index (χ1n) is 11.8.